The third-order valence-electron chi connectivity index (χ3n) is 3.19. The molecule has 0 fully saturated rings. The second-order valence-electron chi connectivity index (χ2n) is 4.25. The number of aliphatic imine (C=N–C) groups is 1. The van der Waals surface area contributed by atoms with E-state index >= 15 is 0 Å². The molecule has 1 atom stereocenters. The summed E-state index contributed by atoms with van der Waals surface area (Å²) in [5.41, 5.74) is 3.15. The number of nitrogens with zero attached hydrogens (tertiary/aromatic N) is 3. The molecule has 5 heteroatoms. The predicted octanol–water partition coefficient (Wildman–Crippen LogP) is 1.65. The largest absolute Gasteiger partial charge is 0.360 e. The molecular weight excluding hydrogens is 226 g/mol. The standard InChI is InChI=1S/C13H15N5/c1-14-13-11-10(5-8-16-11)17-12(18(13)2)9-3-6-15-7-4-9/h3-8,13-14,16H,1-2H3. The Morgan fingerprint density at radius 1 is 1.28 bits per heavy atom. The van der Waals surface area contributed by atoms with E-state index in [1.165, 1.54) is 0 Å². The van der Waals surface area contributed by atoms with Gasteiger partial charge in [0.1, 0.15) is 12.0 Å². The highest BCUT2D eigenvalue weighted by atomic mass is 15.3. The number of hydrogen-bond donors (Lipinski definition) is 2. The molecule has 2 N–H and O–H groups in total. The number of aromatic amines is 1. The highest BCUT2D eigenvalue weighted by molar-refractivity contribution is 6.01. The van der Waals surface area contributed by atoms with Gasteiger partial charge in [-0.25, -0.2) is 4.99 Å². The molecule has 0 saturated heterocycles. The summed E-state index contributed by atoms with van der Waals surface area (Å²) in [7, 11) is 3.98. The van der Waals surface area contributed by atoms with Gasteiger partial charge in [0, 0.05) is 31.2 Å². The van der Waals surface area contributed by atoms with Gasteiger partial charge >= 0.3 is 0 Å². The topological polar surface area (TPSA) is 56.3 Å². The second-order valence-corrected chi connectivity index (χ2v) is 4.25. The number of pyridine rings is 1. The van der Waals surface area contributed by atoms with Gasteiger partial charge in [-0.05, 0) is 25.2 Å². The minimum absolute atomic E-state index is 0.107. The lowest BCUT2D eigenvalue weighted by atomic mass is 10.1. The van der Waals surface area contributed by atoms with Gasteiger partial charge in [0.05, 0.1) is 11.4 Å². The summed E-state index contributed by atoms with van der Waals surface area (Å²) >= 11 is 0. The van der Waals surface area contributed by atoms with E-state index in [1.807, 2.05) is 38.5 Å². The molecule has 3 heterocycles. The van der Waals surface area contributed by atoms with Crippen molar-refractivity contribution in [3.63, 3.8) is 0 Å². The van der Waals surface area contributed by atoms with Crippen LogP contribution in [0.25, 0.3) is 0 Å². The number of rotatable bonds is 2. The van der Waals surface area contributed by atoms with Crippen molar-refractivity contribution in [2.75, 3.05) is 14.1 Å². The van der Waals surface area contributed by atoms with Crippen LogP contribution in [-0.4, -0.2) is 34.8 Å². The van der Waals surface area contributed by atoms with Crippen LogP contribution >= 0.6 is 0 Å². The minimum atomic E-state index is 0.107. The second kappa shape index (κ2) is 4.27. The van der Waals surface area contributed by atoms with Crippen LogP contribution in [0.5, 0.6) is 0 Å². The van der Waals surface area contributed by atoms with Crippen LogP contribution in [0.4, 0.5) is 5.69 Å². The molecule has 5 nitrogen and oxygen atoms in total. The maximum Gasteiger partial charge on any atom is 0.138 e. The Labute approximate surface area is 106 Å². The van der Waals surface area contributed by atoms with E-state index in [9.17, 15) is 0 Å². The zero-order valence-corrected chi connectivity index (χ0v) is 10.4. The first-order chi connectivity index (χ1) is 8.81. The van der Waals surface area contributed by atoms with Gasteiger partial charge in [-0.2, -0.15) is 0 Å². The molecule has 1 aliphatic rings. The molecule has 2 aromatic rings. The van der Waals surface area contributed by atoms with Crippen LogP contribution in [0.15, 0.2) is 41.8 Å². The Hall–Kier alpha value is -2.14. The molecule has 0 amide bonds. The van der Waals surface area contributed by atoms with Crippen LogP contribution in [-0.2, 0) is 0 Å². The molecule has 0 aromatic carbocycles. The van der Waals surface area contributed by atoms with Crippen LogP contribution in [0.2, 0.25) is 0 Å². The molecule has 3 rings (SSSR count). The number of hydrogen-bond acceptors (Lipinski definition) is 4. The van der Waals surface area contributed by atoms with Gasteiger partial charge < -0.3 is 9.88 Å². The van der Waals surface area contributed by atoms with Gasteiger partial charge in [-0.15, -0.1) is 0 Å². The van der Waals surface area contributed by atoms with Crippen LogP contribution in [0, 0.1) is 0 Å². The molecular formula is C13H15N5. The van der Waals surface area contributed by atoms with Crippen LogP contribution in [0.1, 0.15) is 17.4 Å². The maximum atomic E-state index is 4.70. The van der Waals surface area contributed by atoms with Gasteiger partial charge in [-0.1, -0.05) is 0 Å². The summed E-state index contributed by atoms with van der Waals surface area (Å²) in [6, 6.07) is 5.94. The van der Waals surface area contributed by atoms with Gasteiger partial charge in [-0.3, -0.25) is 10.3 Å². The SMILES string of the molecule is CNC1c2[nH]ccc2N=C(c2ccncc2)N1C. The lowest BCUT2D eigenvalue weighted by Gasteiger charge is -2.33. The number of aromatic nitrogens is 2. The van der Waals surface area contributed by atoms with Crippen molar-refractivity contribution in [1.29, 1.82) is 0 Å². The van der Waals surface area contributed by atoms with Crippen LogP contribution < -0.4 is 5.32 Å². The van der Waals surface area contributed by atoms with E-state index in [4.69, 9.17) is 4.99 Å². The molecule has 0 bridgehead atoms. The number of amidine groups is 1. The fourth-order valence-electron chi connectivity index (χ4n) is 2.31. The van der Waals surface area contributed by atoms with E-state index in [0.717, 1.165) is 22.8 Å². The summed E-state index contributed by atoms with van der Waals surface area (Å²) in [6.07, 6.45) is 5.59. The van der Waals surface area contributed by atoms with Crippen molar-refractivity contribution in [1.82, 2.24) is 20.2 Å². The van der Waals surface area contributed by atoms with Crippen LogP contribution in [0.3, 0.4) is 0 Å². The van der Waals surface area contributed by atoms with Crippen molar-refractivity contribution >= 4 is 11.5 Å². The summed E-state index contributed by atoms with van der Waals surface area (Å²) < 4.78 is 0. The molecule has 0 aliphatic carbocycles. The summed E-state index contributed by atoms with van der Waals surface area (Å²) in [6.45, 7) is 0. The van der Waals surface area contributed by atoms with E-state index in [1.54, 1.807) is 12.4 Å². The monoisotopic (exact) mass is 241 g/mol. The van der Waals surface area contributed by atoms with E-state index in [-0.39, 0.29) is 6.17 Å². The predicted molar refractivity (Wildman–Crippen MR) is 70.8 cm³/mol. The molecule has 2 aromatic heterocycles. The zero-order valence-electron chi connectivity index (χ0n) is 10.4. The molecule has 92 valence electrons. The summed E-state index contributed by atoms with van der Waals surface area (Å²) in [4.78, 5) is 14.1. The molecule has 0 spiro atoms. The lowest BCUT2D eigenvalue weighted by molar-refractivity contribution is 0.321. The Morgan fingerprint density at radius 2 is 2.06 bits per heavy atom. The highest BCUT2D eigenvalue weighted by Crippen LogP contribution is 2.32. The van der Waals surface area contributed by atoms with E-state index < -0.39 is 0 Å². The van der Waals surface area contributed by atoms with Crippen molar-refractivity contribution in [2.24, 2.45) is 4.99 Å². The summed E-state index contributed by atoms with van der Waals surface area (Å²) in [5.74, 6) is 0.948. The average molecular weight is 241 g/mol. The Kier molecular flexibility index (Phi) is 2.60. The van der Waals surface area contributed by atoms with Gasteiger partial charge in [0.2, 0.25) is 0 Å². The average Bonchev–Trinajstić information content (AvgIpc) is 2.87. The summed E-state index contributed by atoms with van der Waals surface area (Å²) in [5, 5.41) is 3.29. The number of fused-ring (bicyclic) bond motifs is 1. The smallest absolute Gasteiger partial charge is 0.138 e. The first-order valence-corrected chi connectivity index (χ1v) is 5.87. The van der Waals surface area contributed by atoms with Crippen molar-refractivity contribution in [3.05, 3.63) is 48.0 Å². The number of nitrogens with one attached hydrogen (secondary N) is 2. The quantitative estimate of drug-likeness (QED) is 0.840. The van der Waals surface area contributed by atoms with Gasteiger partial charge in [0.15, 0.2) is 0 Å². The van der Waals surface area contributed by atoms with E-state index in [0.29, 0.717) is 0 Å². The third-order valence-corrected chi connectivity index (χ3v) is 3.19. The Morgan fingerprint density at radius 3 is 2.78 bits per heavy atom. The first-order valence-electron chi connectivity index (χ1n) is 5.87. The fourth-order valence-corrected chi connectivity index (χ4v) is 2.31. The maximum absolute atomic E-state index is 4.70. The Bertz CT molecular complexity index is 572. The van der Waals surface area contributed by atoms with Gasteiger partial charge in [0.25, 0.3) is 0 Å². The van der Waals surface area contributed by atoms with Crippen molar-refractivity contribution in [3.8, 4) is 0 Å². The Balaban J connectivity index is 2.11. The number of H-pyrrole nitrogens is 1. The van der Waals surface area contributed by atoms with E-state index in [2.05, 4.69) is 20.2 Å². The molecule has 0 radical (unpaired) electrons. The third kappa shape index (κ3) is 1.60. The fraction of sp³-hybridized carbons (Fsp3) is 0.231. The zero-order chi connectivity index (χ0) is 12.5. The minimum Gasteiger partial charge on any atom is -0.360 e. The molecule has 0 saturated carbocycles. The first kappa shape index (κ1) is 11.0. The molecule has 1 aliphatic heterocycles. The molecule has 1 unspecified atom stereocenters. The van der Waals surface area contributed by atoms with Crippen molar-refractivity contribution < 1.29 is 0 Å². The normalized spacial score (nSPS) is 18.4. The molecule has 18 heavy (non-hydrogen) atoms. The van der Waals surface area contributed by atoms with Crippen molar-refractivity contribution in [2.45, 2.75) is 6.17 Å². The highest BCUT2D eigenvalue weighted by Gasteiger charge is 2.27. The lowest BCUT2D eigenvalue weighted by Crippen LogP contribution is -2.40.